The Hall–Kier alpha value is -1.72. The molecule has 0 unspecified atom stereocenters. The molecule has 1 heteroatoms. The minimum absolute atomic E-state index is 1.11. The molecular weight excluding hydrogens is 355 g/mol. The van der Waals surface area contributed by atoms with Crippen molar-refractivity contribution in [1.29, 1.82) is 0 Å². The van der Waals surface area contributed by atoms with Gasteiger partial charge in [-0.15, -0.1) is 0 Å². The van der Waals surface area contributed by atoms with Gasteiger partial charge in [-0.05, 0) is 0 Å². The Morgan fingerprint density at radius 2 is 1.00 bits per heavy atom. The molecule has 0 atom stereocenters. The summed E-state index contributed by atoms with van der Waals surface area (Å²) < 4.78 is 6.48. The van der Waals surface area contributed by atoms with Crippen LogP contribution in [0.3, 0.4) is 0 Å². The Labute approximate surface area is 143 Å². The second-order valence-electron chi connectivity index (χ2n) is 6.13. The van der Waals surface area contributed by atoms with Gasteiger partial charge in [0.05, 0.1) is 0 Å². The summed E-state index contributed by atoms with van der Waals surface area (Å²) in [6, 6.07) is 22.5. The SMILES string of the molecule is C1=CC[C]([Zr]([C]2=CC=CC2)([c]2ccccc2)[c]2ccccc2)=C1. The van der Waals surface area contributed by atoms with Gasteiger partial charge in [0.25, 0.3) is 0 Å². The molecule has 4 rings (SSSR count). The van der Waals surface area contributed by atoms with E-state index in [0.717, 1.165) is 12.8 Å². The van der Waals surface area contributed by atoms with Crippen LogP contribution in [0.2, 0.25) is 0 Å². The number of benzene rings is 2. The van der Waals surface area contributed by atoms with E-state index >= 15 is 0 Å². The van der Waals surface area contributed by atoms with Crippen molar-refractivity contribution >= 4 is 6.54 Å². The molecule has 112 valence electrons. The van der Waals surface area contributed by atoms with E-state index in [4.69, 9.17) is 0 Å². The second-order valence-corrected chi connectivity index (χ2v) is 15.8. The van der Waals surface area contributed by atoms with Crippen LogP contribution in [0.4, 0.5) is 0 Å². The Morgan fingerprint density at radius 3 is 1.35 bits per heavy atom. The fraction of sp³-hybridized carbons (Fsp3) is 0.0909. The van der Waals surface area contributed by atoms with Crippen molar-refractivity contribution in [3.8, 4) is 0 Å². The van der Waals surface area contributed by atoms with Crippen molar-refractivity contribution in [2.24, 2.45) is 0 Å². The summed E-state index contributed by atoms with van der Waals surface area (Å²) in [7, 11) is 0. The third kappa shape index (κ3) is 2.48. The first-order valence-corrected chi connectivity index (χ1v) is 13.2. The maximum absolute atomic E-state index is 3.07. The fourth-order valence-corrected chi connectivity index (χ4v) is 16.6. The molecular formula is C22H20Zr. The van der Waals surface area contributed by atoms with Crippen LogP contribution in [0, 0.1) is 0 Å². The molecule has 0 heterocycles. The van der Waals surface area contributed by atoms with E-state index in [1.54, 1.807) is 13.1 Å². The van der Waals surface area contributed by atoms with Crippen molar-refractivity contribution in [2.75, 3.05) is 0 Å². The molecule has 2 aliphatic carbocycles. The van der Waals surface area contributed by atoms with Gasteiger partial charge in [-0.1, -0.05) is 0 Å². The Balaban J connectivity index is 2.02. The molecule has 0 fully saturated rings. The zero-order valence-electron chi connectivity index (χ0n) is 13.2. The molecule has 0 saturated heterocycles. The van der Waals surface area contributed by atoms with Crippen LogP contribution in [-0.4, -0.2) is 0 Å². The van der Waals surface area contributed by atoms with Crippen molar-refractivity contribution in [1.82, 2.24) is 0 Å². The summed E-state index contributed by atoms with van der Waals surface area (Å²) in [5.41, 5.74) is 0. The van der Waals surface area contributed by atoms with Crippen molar-refractivity contribution < 1.29 is 20.3 Å². The van der Waals surface area contributed by atoms with Gasteiger partial charge in [0.1, 0.15) is 0 Å². The topological polar surface area (TPSA) is 0 Å². The van der Waals surface area contributed by atoms with E-state index in [-0.39, 0.29) is 0 Å². The summed E-state index contributed by atoms with van der Waals surface area (Å²) in [6.07, 6.45) is 16.1. The van der Waals surface area contributed by atoms with Crippen molar-refractivity contribution in [3.63, 3.8) is 0 Å². The van der Waals surface area contributed by atoms with Crippen LogP contribution in [0.25, 0.3) is 0 Å². The van der Waals surface area contributed by atoms with Crippen LogP contribution in [0.15, 0.2) is 104 Å². The predicted molar refractivity (Wildman–Crippen MR) is 95.8 cm³/mol. The minimum atomic E-state index is -3.07. The quantitative estimate of drug-likeness (QED) is 0.739. The van der Waals surface area contributed by atoms with E-state index in [0.29, 0.717) is 0 Å². The van der Waals surface area contributed by atoms with Gasteiger partial charge in [0.2, 0.25) is 0 Å². The van der Waals surface area contributed by atoms with Gasteiger partial charge in [-0.3, -0.25) is 0 Å². The molecule has 23 heavy (non-hydrogen) atoms. The molecule has 0 saturated carbocycles. The van der Waals surface area contributed by atoms with Crippen LogP contribution in [0.1, 0.15) is 12.8 Å². The number of hydrogen-bond donors (Lipinski definition) is 0. The Morgan fingerprint density at radius 1 is 0.565 bits per heavy atom. The van der Waals surface area contributed by atoms with Crippen LogP contribution < -0.4 is 6.54 Å². The summed E-state index contributed by atoms with van der Waals surface area (Å²) >= 11 is -3.07. The van der Waals surface area contributed by atoms with Gasteiger partial charge in [0.15, 0.2) is 0 Å². The van der Waals surface area contributed by atoms with E-state index in [9.17, 15) is 0 Å². The molecule has 0 radical (unpaired) electrons. The molecule has 2 aliphatic rings. The summed E-state index contributed by atoms with van der Waals surface area (Å²) in [6.45, 7) is 0. The van der Waals surface area contributed by atoms with Crippen LogP contribution in [-0.2, 0) is 20.3 Å². The zero-order valence-corrected chi connectivity index (χ0v) is 15.6. The number of hydrogen-bond acceptors (Lipinski definition) is 0. The first-order chi connectivity index (χ1) is 11.4. The second kappa shape index (κ2) is 6.42. The van der Waals surface area contributed by atoms with E-state index in [1.165, 1.54) is 0 Å². The first kappa shape index (κ1) is 14.8. The Bertz CT molecular complexity index is 736. The molecule has 0 N–H and O–H groups in total. The van der Waals surface area contributed by atoms with E-state index < -0.39 is 20.3 Å². The monoisotopic (exact) mass is 374 g/mol. The normalized spacial score (nSPS) is 16.5. The molecule has 0 spiro atoms. The van der Waals surface area contributed by atoms with Gasteiger partial charge < -0.3 is 0 Å². The summed E-state index contributed by atoms with van der Waals surface area (Å²) in [4.78, 5) is 0. The average Bonchev–Trinajstić information content (AvgIpc) is 3.32. The van der Waals surface area contributed by atoms with E-state index in [2.05, 4.69) is 97.1 Å². The van der Waals surface area contributed by atoms with E-state index in [1.807, 2.05) is 0 Å². The van der Waals surface area contributed by atoms with Gasteiger partial charge >= 0.3 is 143 Å². The number of allylic oxidation sites excluding steroid dienone is 8. The molecule has 2 aromatic rings. The predicted octanol–water partition coefficient (Wildman–Crippen LogP) is 4.48. The van der Waals surface area contributed by atoms with Gasteiger partial charge in [-0.2, -0.15) is 0 Å². The molecule has 0 aliphatic heterocycles. The van der Waals surface area contributed by atoms with Crippen LogP contribution in [0.5, 0.6) is 0 Å². The molecule has 0 amide bonds. The maximum atomic E-state index is 2.40. The molecule has 0 aromatic heterocycles. The first-order valence-electron chi connectivity index (χ1n) is 8.26. The fourth-order valence-electron chi connectivity index (χ4n) is 3.94. The van der Waals surface area contributed by atoms with Gasteiger partial charge in [0, 0.05) is 0 Å². The van der Waals surface area contributed by atoms with Crippen LogP contribution >= 0.6 is 0 Å². The standard InChI is InChI=1S/2C6H5.2C5H5.Zr/c2*1-2-4-6-5-3-1;2*1-2-4-5-3-1;/h2*1-5H;2*1-3H,4H2;. The zero-order chi connectivity index (χ0) is 15.5. The van der Waals surface area contributed by atoms with Gasteiger partial charge in [-0.25, -0.2) is 0 Å². The summed E-state index contributed by atoms with van der Waals surface area (Å²) in [5, 5.41) is 0. The Kier molecular flexibility index (Phi) is 4.14. The average molecular weight is 376 g/mol. The molecule has 2 aromatic carbocycles. The molecule has 0 nitrogen and oxygen atoms in total. The summed E-state index contributed by atoms with van der Waals surface area (Å²) in [5.74, 6) is 0. The third-order valence-electron chi connectivity index (χ3n) is 4.92. The van der Waals surface area contributed by atoms with Crippen molar-refractivity contribution in [3.05, 3.63) is 104 Å². The number of rotatable bonds is 4. The third-order valence-corrected chi connectivity index (χ3v) is 17.4. The molecule has 0 bridgehead atoms. The van der Waals surface area contributed by atoms with Crippen molar-refractivity contribution in [2.45, 2.75) is 12.8 Å².